The maximum Gasteiger partial charge on any atom is 0.192 e. The Kier molecular flexibility index (Phi) is 4.68. The van der Waals surface area contributed by atoms with Gasteiger partial charge in [-0.15, -0.1) is 11.8 Å². The largest absolute Gasteiger partial charge is 0.355 e. The van der Waals surface area contributed by atoms with Crippen molar-refractivity contribution in [3.8, 4) is 0 Å². The van der Waals surface area contributed by atoms with Crippen LogP contribution in [0, 0.1) is 13.8 Å². The lowest BCUT2D eigenvalue weighted by Crippen LogP contribution is -2.15. The first-order valence-electron chi connectivity index (χ1n) is 8.41. The molecule has 0 aliphatic heterocycles. The van der Waals surface area contributed by atoms with Crippen molar-refractivity contribution in [3.05, 3.63) is 51.8 Å². The number of rotatable bonds is 5. The third kappa shape index (κ3) is 3.07. The fourth-order valence-electron chi connectivity index (χ4n) is 3.61. The van der Waals surface area contributed by atoms with E-state index in [1.165, 1.54) is 24.0 Å². The number of aromatic nitrogens is 1. The first-order valence-corrected chi connectivity index (χ1v) is 9.29. The SMILES string of the molecule is CC(=O)c1c(C)[nH]c(C(=O)[C@@H](C)Sc2ccc3c(c2)CCC3)c1C. The average Bonchev–Trinajstić information content (AvgIpc) is 3.10. The number of carbonyl (C=O) groups excluding carboxylic acids is 2. The van der Waals surface area contributed by atoms with E-state index < -0.39 is 0 Å². The molecule has 0 saturated carbocycles. The van der Waals surface area contributed by atoms with E-state index in [4.69, 9.17) is 0 Å². The fraction of sp³-hybridized carbons (Fsp3) is 0.400. The predicted molar refractivity (Wildman–Crippen MR) is 98.4 cm³/mol. The summed E-state index contributed by atoms with van der Waals surface area (Å²) in [6.45, 7) is 7.17. The Labute approximate surface area is 147 Å². The molecule has 3 nitrogen and oxygen atoms in total. The number of nitrogens with one attached hydrogen (secondary N) is 1. The monoisotopic (exact) mass is 341 g/mol. The predicted octanol–water partition coefficient (Wildman–Crippen LogP) is 4.69. The third-order valence-electron chi connectivity index (χ3n) is 4.79. The molecule has 0 unspecified atom stereocenters. The van der Waals surface area contributed by atoms with E-state index in [1.54, 1.807) is 18.7 Å². The minimum absolute atomic E-state index is 0.000715. The van der Waals surface area contributed by atoms with Gasteiger partial charge in [0, 0.05) is 16.2 Å². The molecule has 1 N–H and O–H groups in total. The van der Waals surface area contributed by atoms with Crippen LogP contribution in [0.1, 0.15) is 63.5 Å². The molecular formula is C20H23NO2S. The molecular weight excluding hydrogens is 318 g/mol. The summed E-state index contributed by atoms with van der Waals surface area (Å²) in [5, 5.41) is -0.194. The van der Waals surface area contributed by atoms with E-state index in [1.807, 2.05) is 20.8 Å². The molecule has 4 heteroatoms. The minimum Gasteiger partial charge on any atom is -0.355 e. The lowest BCUT2D eigenvalue weighted by Gasteiger charge is -2.11. The Bertz CT molecular complexity index is 819. The minimum atomic E-state index is -0.194. The van der Waals surface area contributed by atoms with Crippen molar-refractivity contribution in [2.24, 2.45) is 0 Å². The molecule has 1 aromatic carbocycles. The van der Waals surface area contributed by atoms with E-state index in [2.05, 4.69) is 23.2 Å². The quantitative estimate of drug-likeness (QED) is 0.634. The molecule has 0 saturated heterocycles. The summed E-state index contributed by atoms with van der Waals surface area (Å²) in [6.07, 6.45) is 3.54. The molecule has 24 heavy (non-hydrogen) atoms. The number of Topliss-reactive ketones (excluding diaryl/α,β-unsaturated/α-hetero) is 2. The highest BCUT2D eigenvalue weighted by molar-refractivity contribution is 8.00. The summed E-state index contributed by atoms with van der Waals surface area (Å²) in [5.41, 5.74) is 5.63. The van der Waals surface area contributed by atoms with Gasteiger partial charge in [-0.3, -0.25) is 9.59 Å². The zero-order chi connectivity index (χ0) is 17.4. The highest BCUT2D eigenvalue weighted by Gasteiger charge is 2.24. The van der Waals surface area contributed by atoms with Gasteiger partial charge in [-0.1, -0.05) is 6.07 Å². The number of thioether (sulfide) groups is 1. The molecule has 0 fully saturated rings. The van der Waals surface area contributed by atoms with Crippen LogP contribution in [0.15, 0.2) is 23.1 Å². The first-order chi connectivity index (χ1) is 11.4. The summed E-state index contributed by atoms with van der Waals surface area (Å²) in [7, 11) is 0. The molecule has 2 aromatic rings. The Morgan fingerprint density at radius 2 is 1.88 bits per heavy atom. The summed E-state index contributed by atoms with van der Waals surface area (Å²) in [5.74, 6) is 0.0489. The Hall–Kier alpha value is -1.81. The molecule has 1 heterocycles. The number of aryl methyl sites for hydroxylation is 3. The Balaban J connectivity index is 1.80. The second kappa shape index (κ2) is 6.60. The highest BCUT2D eigenvalue weighted by atomic mass is 32.2. The smallest absolute Gasteiger partial charge is 0.192 e. The van der Waals surface area contributed by atoms with Crippen LogP contribution in [0.25, 0.3) is 0 Å². The topological polar surface area (TPSA) is 49.9 Å². The molecule has 1 aliphatic rings. The number of carbonyl (C=O) groups is 2. The van der Waals surface area contributed by atoms with Crippen LogP contribution in [0.5, 0.6) is 0 Å². The molecule has 3 rings (SSSR count). The standard InChI is InChI=1S/C20H23NO2S/c1-11-18(13(3)22)12(2)21-19(11)20(23)14(4)24-17-9-8-15-6-5-7-16(15)10-17/h8-10,14,21H,5-7H2,1-4H3/t14-/m1/s1. The molecule has 1 aromatic heterocycles. The van der Waals surface area contributed by atoms with E-state index in [0.717, 1.165) is 22.6 Å². The van der Waals surface area contributed by atoms with Crippen LogP contribution in [0.2, 0.25) is 0 Å². The van der Waals surface area contributed by atoms with Gasteiger partial charge >= 0.3 is 0 Å². The fourth-order valence-corrected chi connectivity index (χ4v) is 4.60. The number of H-pyrrole nitrogens is 1. The van der Waals surface area contributed by atoms with Gasteiger partial charge in [0.25, 0.3) is 0 Å². The molecule has 0 radical (unpaired) electrons. The zero-order valence-corrected chi connectivity index (χ0v) is 15.5. The van der Waals surface area contributed by atoms with Crippen LogP contribution in [0.4, 0.5) is 0 Å². The van der Waals surface area contributed by atoms with Crippen molar-refractivity contribution in [2.75, 3.05) is 0 Å². The van der Waals surface area contributed by atoms with Crippen molar-refractivity contribution in [3.63, 3.8) is 0 Å². The van der Waals surface area contributed by atoms with E-state index >= 15 is 0 Å². The lowest BCUT2D eigenvalue weighted by atomic mass is 10.0. The summed E-state index contributed by atoms with van der Waals surface area (Å²) in [4.78, 5) is 28.8. The molecule has 0 bridgehead atoms. The number of aromatic amines is 1. The summed E-state index contributed by atoms with van der Waals surface area (Å²) < 4.78 is 0. The van der Waals surface area contributed by atoms with Gasteiger partial charge in [0.2, 0.25) is 0 Å². The maximum atomic E-state index is 12.8. The van der Waals surface area contributed by atoms with E-state index in [0.29, 0.717) is 11.3 Å². The number of hydrogen-bond donors (Lipinski definition) is 1. The van der Waals surface area contributed by atoms with Crippen LogP contribution in [-0.2, 0) is 12.8 Å². The van der Waals surface area contributed by atoms with E-state index in [-0.39, 0.29) is 16.8 Å². The van der Waals surface area contributed by atoms with Crippen molar-refractivity contribution in [1.29, 1.82) is 0 Å². The number of ketones is 2. The lowest BCUT2D eigenvalue weighted by molar-refractivity contribution is 0.0988. The van der Waals surface area contributed by atoms with Crippen molar-refractivity contribution in [1.82, 2.24) is 4.98 Å². The van der Waals surface area contributed by atoms with Gasteiger partial charge in [-0.25, -0.2) is 0 Å². The first kappa shape index (κ1) is 17.0. The second-order valence-electron chi connectivity index (χ2n) is 6.59. The molecule has 0 amide bonds. The number of fused-ring (bicyclic) bond motifs is 1. The third-order valence-corrected chi connectivity index (χ3v) is 5.88. The van der Waals surface area contributed by atoms with Gasteiger partial charge in [0.15, 0.2) is 11.6 Å². The number of hydrogen-bond acceptors (Lipinski definition) is 3. The van der Waals surface area contributed by atoms with Crippen molar-refractivity contribution < 1.29 is 9.59 Å². The Morgan fingerprint density at radius 1 is 1.17 bits per heavy atom. The molecule has 1 atom stereocenters. The van der Waals surface area contributed by atoms with Crippen LogP contribution in [-0.4, -0.2) is 21.8 Å². The van der Waals surface area contributed by atoms with Crippen molar-refractivity contribution >= 4 is 23.3 Å². The molecule has 0 spiro atoms. The average molecular weight is 341 g/mol. The van der Waals surface area contributed by atoms with Crippen LogP contribution >= 0.6 is 11.8 Å². The normalized spacial score (nSPS) is 14.5. The van der Waals surface area contributed by atoms with Gasteiger partial charge in [0.05, 0.1) is 10.9 Å². The van der Waals surface area contributed by atoms with Crippen molar-refractivity contribution in [2.45, 2.75) is 57.1 Å². The van der Waals surface area contributed by atoms with Gasteiger partial charge in [-0.2, -0.15) is 0 Å². The molecule has 126 valence electrons. The Morgan fingerprint density at radius 3 is 2.54 bits per heavy atom. The number of benzene rings is 1. The van der Waals surface area contributed by atoms with Gasteiger partial charge in [-0.05, 0) is 75.8 Å². The summed E-state index contributed by atoms with van der Waals surface area (Å²) >= 11 is 1.59. The van der Waals surface area contributed by atoms with Gasteiger partial charge in [0.1, 0.15) is 0 Å². The highest BCUT2D eigenvalue weighted by Crippen LogP contribution is 2.31. The molecule has 1 aliphatic carbocycles. The zero-order valence-electron chi connectivity index (χ0n) is 14.7. The van der Waals surface area contributed by atoms with Crippen LogP contribution < -0.4 is 0 Å². The summed E-state index contributed by atoms with van der Waals surface area (Å²) in [6, 6.07) is 6.54. The van der Waals surface area contributed by atoms with E-state index in [9.17, 15) is 9.59 Å². The van der Waals surface area contributed by atoms with Crippen LogP contribution in [0.3, 0.4) is 0 Å². The maximum absolute atomic E-state index is 12.8. The second-order valence-corrected chi connectivity index (χ2v) is 8.00. The van der Waals surface area contributed by atoms with Gasteiger partial charge < -0.3 is 4.98 Å².